The van der Waals surface area contributed by atoms with E-state index in [0.29, 0.717) is 5.56 Å². The van der Waals surface area contributed by atoms with Crippen molar-refractivity contribution >= 4 is 11.0 Å². The second kappa shape index (κ2) is 3.73. The van der Waals surface area contributed by atoms with Crippen molar-refractivity contribution in [1.82, 2.24) is 0 Å². The van der Waals surface area contributed by atoms with Crippen LogP contribution in [-0.4, -0.2) is 0 Å². The quantitative estimate of drug-likeness (QED) is 0.648. The number of fused-ring (bicyclic) bond motifs is 3. The predicted octanol–water partition coefficient (Wildman–Crippen LogP) is 3.29. The lowest BCUT2D eigenvalue weighted by Crippen LogP contribution is -2.08. The van der Waals surface area contributed by atoms with Crippen LogP contribution in [0.4, 0.5) is 0 Å². The van der Waals surface area contributed by atoms with Crippen LogP contribution in [0, 0.1) is 13.8 Å². The lowest BCUT2D eigenvalue weighted by Gasteiger charge is -2.18. The van der Waals surface area contributed by atoms with Gasteiger partial charge in [0.2, 0.25) is 0 Å². The molecule has 88 valence electrons. The Kier molecular flexibility index (Phi) is 2.32. The predicted molar refractivity (Wildman–Crippen MR) is 68.6 cm³/mol. The Bertz CT molecular complexity index is 650. The van der Waals surface area contributed by atoms with Crippen molar-refractivity contribution in [2.24, 2.45) is 0 Å². The number of hydrogen-bond donors (Lipinski definition) is 0. The Morgan fingerprint density at radius 3 is 2.65 bits per heavy atom. The van der Waals surface area contributed by atoms with Gasteiger partial charge in [-0.1, -0.05) is 6.07 Å². The highest BCUT2D eigenvalue weighted by atomic mass is 16.4. The van der Waals surface area contributed by atoms with Crippen LogP contribution in [0.1, 0.15) is 35.1 Å². The maximum Gasteiger partial charge on any atom is 0.339 e. The van der Waals surface area contributed by atoms with E-state index >= 15 is 0 Å². The highest BCUT2D eigenvalue weighted by Crippen LogP contribution is 2.31. The molecule has 1 aromatic carbocycles. The summed E-state index contributed by atoms with van der Waals surface area (Å²) in [6.07, 6.45) is 4.78. The molecule has 1 heterocycles. The second-order valence-corrected chi connectivity index (χ2v) is 5.00. The van der Waals surface area contributed by atoms with E-state index in [1.807, 2.05) is 19.9 Å². The molecule has 0 fully saturated rings. The lowest BCUT2D eigenvalue weighted by molar-refractivity contribution is 0.551. The minimum absolute atomic E-state index is 0.212. The Labute approximate surface area is 100 Å². The summed E-state index contributed by atoms with van der Waals surface area (Å²) in [5.41, 5.74) is 5.18. The number of benzene rings is 1. The molecule has 0 saturated carbocycles. The Balaban J connectivity index is 2.44. The molecule has 1 aromatic heterocycles. The van der Waals surface area contributed by atoms with Crippen molar-refractivity contribution in [2.75, 3.05) is 0 Å². The van der Waals surface area contributed by atoms with Gasteiger partial charge in [0.1, 0.15) is 5.58 Å². The third kappa shape index (κ3) is 1.59. The van der Waals surface area contributed by atoms with Crippen molar-refractivity contribution in [3.63, 3.8) is 0 Å². The largest absolute Gasteiger partial charge is 0.422 e. The molecular weight excluding hydrogens is 212 g/mol. The summed E-state index contributed by atoms with van der Waals surface area (Å²) >= 11 is 0. The van der Waals surface area contributed by atoms with Crippen LogP contribution in [0.5, 0.6) is 0 Å². The van der Waals surface area contributed by atoms with Gasteiger partial charge in [0.25, 0.3) is 0 Å². The Hall–Kier alpha value is -1.57. The summed E-state index contributed by atoms with van der Waals surface area (Å²) in [5, 5.41) is 1.15. The molecule has 2 heteroatoms. The van der Waals surface area contributed by atoms with Crippen molar-refractivity contribution in [1.29, 1.82) is 0 Å². The van der Waals surface area contributed by atoms with Gasteiger partial charge < -0.3 is 4.42 Å². The average Bonchev–Trinajstić information content (AvgIpc) is 2.32. The van der Waals surface area contributed by atoms with Gasteiger partial charge in [-0.3, -0.25) is 0 Å². The Morgan fingerprint density at radius 2 is 1.82 bits per heavy atom. The molecule has 1 aliphatic carbocycles. The van der Waals surface area contributed by atoms with E-state index in [1.165, 1.54) is 24.0 Å². The third-order valence-corrected chi connectivity index (χ3v) is 3.71. The van der Waals surface area contributed by atoms with E-state index in [2.05, 4.69) is 6.07 Å². The first kappa shape index (κ1) is 10.6. The van der Waals surface area contributed by atoms with Gasteiger partial charge >= 0.3 is 5.63 Å². The van der Waals surface area contributed by atoms with Gasteiger partial charge in [-0.05, 0) is 62.3 Å². The molecule has 0 spiro atoms. The summed E-state index contributed by atoms with van der Waals surface area (Å²) in [4.78, 5) is 11.6. The fraction of sp³-hybridized carbons (Fsp3) is 0.400. The van der Waals surface area contributed by atoms with Crippen LogP contribution in [0.2, 0.25) is 0 Å². The smallest absolute Gasteiger partial charge is 0.339 e. The minimum Gasteiger partial charge on any atom is -0.422 e. The molecular formula is C15H16O2. The monoisotopic (exact) mass is 228 g/mol. The first-order chi connectivity index (χ1) is 8.16. The number of rotatable bonds is 0. The molecule has 0 unspecified atom stereocenters. The lowest BCUT2D eigenvalue weighted by atomic mass is 9.87. The Morgan fingerprint density at radius 1 is 1.06 bits per heavy atom. The van der Waals surface area contributed by atoms with E-state index in [4.69, 9.17) is 4.42 Å². The highest BCUT2D eigenvalue weighted by molar-refractivity contribution is 5.85. The molecule has 2 nitrogen and oxygen atoms in total. The van der Waals surface area contributed by atoms with Crippen molar-refractivity contribution < 1.29 is 4.42 Å². The zero-order chi connectivity index (χ0) is 12.0. The van der Waals surface area contributed by atoms with E-state index in [9.17, 15) is 4.79 Å². The standard InChI is InChI=1S/C15H16O2/c1-9-7-11-5-3-4-6-12(11)13-8-10(2)15(16)17-14(9)13/h7-8H,3-6H2,1-2H3. The number of hydrogen-bond acceptors (Lipinski definition) is 2. The van der Waals surface area contributed by atoms with Crippen LogP contribution in [0.25, 0.3) is 11.0 Å². The van der Waals surface area contributed by atoms with E-state index < -0.39 is 0 Å². The maximum atomic E-state index is 11.6. The molecule has 1 aliphatic rings. The van der Waals surface area contributed by atoms with E-state index in [1.54, 1.807) is 0 Å². The van der Waals surface area contributed by atoms with Gasteiger partial charge in [-0.15, -0.1) is 0 Å². The van der Waals surface area contributed by atoms with Crippen LogP contribution in [-0.2, 0) is 12.8 Å². The molecule has 0 atom stereocenters. The van der Waals surface area contributed by atoms with Crippen molar-refractivity contribution in [3.8, 4) is 0 Å². The molecule has 0 bridgehead atoms. The van der Waals surface area contributed by atoms with E-state index in [0.717, 1.165) is 29.4 Å². The average molecular weight is 228 g/mol. The van der Waals surface area contributed by atoms with Gasteiger partial charge in [0.05, 0.1) is 0 Å². The SMILES string of the molecule is Cc1cc2c3c(cc(C)c2oc1=O)CCCC3. The summed E-state index contributed by atoms with van der Waals surface area (Å²) in [6, 6.07) is 4.19. The van der Waals surface area contributed by atoms with E-state index in [-0.39, 0.29) is 5.63 Å². The van der Waals surface area contributed by atoms with Crippen LogP contribution < -0.4 is 5.63 Å². The zero-order valence-electron chi connectivity index (χ0n) is 10.3. The molecule has 0 saturated heterocycles. The summed E-state index contributed by atoms with van der Waals surface area (Å²) < 4.78 is 5.43. The summed E-state index contributed by atoms with van der Waals surface area (Å²) in [7, 11) is 0. The van der Waals surface area contributed by atoms with Crippen molar-refractivity contribution in [3.05, 3.63) is 44.8 Å². The third-order valence-electron chi connectivity index (χ3n) is 3.71. The zero-order valence-corrected chi connectivity index (χ0v) is 10.3. The molecule has 0 radical (unpaired) electrons. The first-order valence-corrected chi connectivity index (χ1v) is 6.22. The first-order valence-electron chi connectivity index (χ1n) is 6.22. The molecule has 17 heavy (non-hydrogen) atoms. The fourth-order valence-corrected chi connectivity index (χ4v) is 2.81. The molecule has 0 N–H and O–H groups in total. The van der Waals surface area contributed by atoms with Gasteiger partial charge in [-0.25, -0.2) is 4.79 Å². The molecule has 3 rings (SSSR count). The van der Waals surface area contributed by atoms with Crippen molar-refractivity contribution in [2.45, 2.75) is 39.5 Å². The number of aryl methyl sites for hydroxylation is 4. The molecule has 2 aromatic rings. The second-order valence-electron chi connectivity index (χ2n) is 5.00. The summed E-state index contributed by atoms with van der Waals surface area (Å²) in [6.45, 7) is 3.85. The van der Waals surface area contributed by atoms with Crippen LogP contribution in [0.3, 0.4) is 0 Å². The molecule has 0 aliphatic heterocycles. The normalized spacial score (nSPS) is 14.9. The molecule has 0 amide bonds. The maximum absolute atomic E-state index is 11.6. The summed E-state index contributed by atoms with van der Waals surface area (Å²) in [5.74, 6) is 0. The minimum atomic E-state index is -0.212. The topological polar surface area (TPSA) is 30.2 Å². The van der Waals surface area contributed by atoms with Gasteiger partial charge in [0, 0.05) is 10.9 Å². The van der Waals surface area contributed by atoms with Crippen LogP contribution >= 0.6 is 0 Å². The van der Waals surface area contributed by atoms with Gasteiger partial charge in [-0.2, -0.15) is 0 Å². The highest BCUT2D eigenvalue weighted by Gasteiger charge is 2.16. The fourth-order valence-electron chi connectivity index (χ4n) is 2.81. The van der Waals surface area contributed by atoms with Gasteiger partial charge in [0.15, 0.2) is 0 Å². The van der Waals surface area contributed by atoms with Crippen LogP contribution in [0.15, 0.2) is 21.3 Å².